The lowest BCUT2D eigenvalue weighted by Gasteiger charge is -2.32. The van der Waals surface area contributed by atoms with Gasteiger partial charge in [0.1, 0.15) is 5.75 Å². The summed E-state index contributed by atoms with van der Waals surface area (Å²) in [6.45, 7) is 1.60. The smallest absolute Gasteiger partial charge is 0.263 e. The maximum atomic E-state index is 12.4. The highest BCUT2D eigenvalue weighted by atomic mass is 32.2. The van der Waals surface area contributed by atoms with E-state index < -0.39 is 0 Å². The highest BCUT2D eigenvalue weighted by molar-refractivity contribution is 7.99. The fourth-order valence-electron chi connectivity index (χ4n) is 2.41. The molecule has 1 fully saturated rings. The average Bonchev–Trinajstić information content (AvgIpc) is 3.09. The van der Waals surface area contributed by atoms with Gasteiger partial charge in [-0.05, 0) is 29.1 Å². The first-order valence-corrected chi connectivity index (χ1v) is 8.79. The Bertz CT molecular complexity index is 595. The van der Waals surface area contributed by atoms with Gasteiger partial charge in [-0.15, -0.1) is 11.3 Å². The van der Waals surface area contributed by atoms with E-state index in [1.165, 1.54) is 16.9 Å². The van der Waals surface area contributed by atoms with Crippen molar-refractivity contribution in [2.75, 3.05) is 26.0 Å². The molecule has 2 aromatic rings. The number of carbonyl (C=O) groups is 1. The van der Waals surface area contributed by atoms with E-state index in [1.54, 1.807) is 7.11 Å². The maximum absolute atomic E-state index is 12.4. The van der Waals surface area contributed by atoms with E-state index in [0.717, 1.165) is 29.5 Å². The number of carbonyl (C=O) groups excluding carboxylic acids is 1. The Labute approximate surface area is 132 Å². The van der Waals surface area contributed by atoms with Crippen molar-refractivity contribution < 1.29 is 9.53 Å². The molecular formula is C16H17NO2S2. The van der Waals surface area contributed by atoms with Gasteiger partial charge in [0.15, 0.2) is 0 Å². The summed E-state index contributed by atoms with van der Waals surface area (Å²) < 4.78 is 5.19. The topological polar surface area (TPSA) is 29.5 Å². The number of thioether (sulfide) groups is 1. The molecule has 0 spiro atoms. The van der Waals surface area contributed by atoms with E-state index in [4.69, 9.17) is 4.74 Å². The minimum Gasteiger partial charge on any atom is -0.497 e. The summed E-state index contributed by atoms with van der Waals surface area (Å²) in [4.78, 5) is 15.2. The van der Waals surface area contributed by atoms with Crippen LogP contribution < -0.4 is 4.74 Å². The predicted octanol–water partition coefficient (Wildman–Crippen LogP) is 3.69. The van der Waals surface area contributed by atoms with Gasteiger partial charge in [0, 0.05) is 24.1 Å². The largest absolute Gasteiger partial charge is 0.497 e. The average molecular weight is 319 g/mol. The summed E-state index contributed by atoms with van der Waals surface area (Å²) in [5, 5.41) is 2.29. The molecule has 5 heteroatoms. The summed E-state index contributed by atoms with van der Waals surface area (Å²) in [6, 6.07) is 12.0. The fourth-order valence-corrected chi connectivity index (χ4v) is 4.35. The maximum Gasteiger partial charge on any atom is 0.263 e. The number of rotatable bonds is 3. The third kappa shape index (κ3) is 3.24. The number of thiophene rings is 1. The summed E-state index contributed by atoms with van der Waals surface area (Å²) in [7, 11) is 1.67. The zero-order chi connectivity index (χ0) is 14.7. The number of benzene rings is 1. The molecule has 3 rings (SSSR count). The molecule has 1 unspecified atom stereocenters. The number of ether oxygens (including phenoxy) is 1. The normalized spacial score (nSPS) is 18.5. The van der Waals surface area contributed by atoms with Crippen LogP contribution in [0.15, 0.2) is 41.8 Å². The molecule has 0 aliphatic carbocycles. The summed E-state index contributed by atoms with van der Waals surface area (Å²) in [5.74, 6) is 2.00. The molecule has 1 aliphatic rings. The van der Waals surface area contributed by atoms with Crippen LogP contribution >= 0.6 is 23.1 Å². The standard InChI is InChI=1S/C16H17NO2S2/c1-19-13-6-4-12(5-7-13)15-11-17(8-10-21-15)16(18)14-3-2-9-20-14/h2-7,9,15H,8,10-11H2,1H3. The molecule has 0 radical (unpaired) electrons. The van der Waals surface area contributed by atoms with E-state index in [-0.39, 0.29) is 5.91 Å². The zero-order valence-corrected chi connectivity index (χ0v) is 13.5. The molecule has 0 bridgehead atoms. The van der Waals surface area contributed by atoms with Crippen molar-refractivity contribution in [2.45, 2.75) is 5.25 Å². The van der Waals surface area contributed by atoms with Crippen molar-refractivity contribution in [1.29, 1.82) is 0 Å². The Hall–Kier alpha value is -1.46. The fraction of sp³-hybridized carbons (Fsp3) is 0.312. The van der Waals surface area contributed by atoms with E-state index in [0.29, 0.717) is 5.25 Å². The van der Waals surface area contributed by atoms with Gasteiger partial charge in [0.2, 0.25) is 0 Å². The van der Waals surface area contributed by atoms with Crippen molar-refractivity contribution in [3.63, 3.8) is 0 Å². The van der Waals surface area contributed by atoms with Crippen LogP contribution in [0.3, 0.4) is 0 Å². The van der Waals surface area contributed by atoms with Gasteiger partial charge >= 0.3 is 0 Å². The molecule has 1 aliphatic heterocycles. The van der Waals surface area contributed by atoms with Crippen molar-refractivity contribution in [1.82, 2.24) is 4.90 Å². The Morgan fingerprint density at radius 3 is 2.76 bits per heavy atom. The van der Waals surface area contributed by atoms with Gasteiger partial charge < -0.3 is 9.64 Å². The monoisotopic (exact) mass is 319 g/mol. The molecule has 1 amide bonds. The van der Waals surface area contributed by atoms with Crippen LogP contribution in [0.4, 0.5) is 0 Å². The van der Waals surface area contributed by atoms with Gasteiger partial charge in [-0.2, -0.15) is 11.8 Å². The second-order valence-corrected chi connectivity index (χ2v) is 7.12. The predicted molar refractivity (Wildman–Crippen MR) is 88.4 cm³/mol. The number of nitrogens with zero attached hydrogens (tertiary/aromatic N) is 1. The van der Waals surface area contributed by atoms with E-state index in [9.17, 15) is 4.79 Å². The van der Waals surface area contributed by atoms with Crippen LogP contribution in [0.1, 0.15) is 20.5 Å². The van der Waals surface area contributed by atoms with Crippen LogP contribution in [0.25, 0.3) is 0 Å². The lowest BCUT2D eigenvalue weighted by atomic mass is 10.1. The van der Waals surface area contributed by atoms with Crippen LogP contribution in [0.2, 0.25) is 0 Å². The highest BCUT2D eigenvalue weighted by Gasteiger charge is 2.26. The molecule has 0 N–H and O–H groups in total. The molecule has 3 nitrogen and oxygen atoms in total. The quantitative estimate of drug-likeness (QED) is 0.864. The van der Waals surface area contributed by atoms with Gasteiger partial charge in [-0.1, -0.05) is 18.2 Å². The number of hydrogen-bond acceptors (Lipinski definition) is 4. The summed E-state index contributed by atoms with van der Waals surface area (Å²) in [6.07, 6.45) is 0. The molecular weight excluding hydrogens is 302 g/mol. The van der Waals surface area contributed by atoms with Gasteiger partial charge in [0.25, 0.3) is 5.91 Å². The van der Waals surface area contributed by atoms with E-state index in [2.05, 4.69) is 12.1 Å². The number of amides is 1. The van der Waals surface area contributed by atoms with Crippen LogP contribution in [0.5, 0.6) is 5.75 Å². The molecule has 1 aromatic carbocycles. The number of methoxy groups -OCH3 is 1. The first kappa shape index (κ1) is 14.5. The first-order valence-electron chi connectivity index (χ1n) is 6.86. The van der Waals surface area contributed by atoms with Gasteiger partial charge in [-0.3, -0.25) is 4.79 Å². The van der Waals surface area contributed by atoms with Crippen molar-refractivity contribution >= 4 is 29.0 Å². The van der Waals surface area contributed by atoms with Crippen LogP contribution in [-0.2, 0) is 0 Å². The first-order chi connectivity index (χ1) is 10.3. The van der Waals surface area contributed by atoms with Crippen molar-refractivity contribution in [2.24, 2.45) is 0 Å². The molecule has 1 saturated heterocycles. The van der Waals surface area contributed by atoms with Crippen LogP contribution in [0, 0.1) is 0 Å². The molecule has 2 heterocycles. The van der Waals surface area contributed by atoms with Crippen LogP contribution in [-0.4, -0.2) is 36.8 Å². The van der Waals surface area contributed by atoms with Crippen molar-refractivity contribution in [3.05, 3.63) is 52.2 Å². The zero-order valence-electron chi connectivity index (χ0n) is 11.8. The summed E-state index contributed by atoms with van der Waals surface area (Å²) >= 11 is 3.43. The number of hydrogen-bond donors (Lipinski definition) is 0. The Morgan fingerprint density at radius 2 is 2.10 bits per heavy atom. The van der Waals surface area contributed by atoms with E-state index >= 15 is 0 Å². The van der Waals surface area contributed by atoms with Gasteiger partial charge in [0.05, 0.1) is 12.0 Å². The Kier molecular flexibility index (Phi) is 4.51. The SMILES string of the molecule is COc1ccc(C2CN(C(=O)c3cccs3)CCS2)cc1. The molecule has 0 saturated carbocycles. The van der Waals surface area contributed by atoms with E-state index in [1.807, 2.05) is 46.3 Å². The Morgan fingerprint density at radius 1 is 1.29 bits per heavy atom. The molecule has 110 valence electrons. The summed E-state index contributed by atoms with van der Waals surface area (Å²) in [5.41, 5.74) is 1.25. The second kappa shape index (κ2) is 6.54. The lowest BCUT2D eigenvalue weighted by Crippen LogP contribution is -2.38. The third-order valence-electron chi connectivity index (χ3n) is 3.57. The van der Waals surface area contributed by atoms with Gasteiger partial charge in [-0.25, -0.2) is 0 Å². The second-order valence-electron chi connectivity index (χ2n) is 4.86. The molecule has 1 atom stereocenters. The van der Waals surface area contributed by atoms with Crippen molar-refractivity contribution in [3.8, 4) is 5.75 Å². The third-order valence-corrected chi connectivity index (χ3v) is 5.67. The highest BCUT2D eigenvalue weighted by Crippen LogP contribution is 2.34. The Balaban J connectivity index is 1.71. The molecule has 1 aromatic heterocycles. The minimum absolute atomic E-state index is 0.156. The minimum atomic E-state index is 0.156. The lowest BCUT2D eigenvalue weighted by molar-refractivity contribution is 0.0766. The molecule has 21 heavy (non-hydrogen) atoms.